The number of aromatic nitrogens is 4. The van der Waals surface area contributed by atoms with Gasteiger partial charge in [-0.1, -0.05) is 11.3 Å². The quantitative estimate of drug-likeness (QED) is 0.630. The molecule has 10 heteroatoms. The van der Waals surface area contributed by atoms with E-state index in [1.807, 2.05) is 0 Å². The molecule has 106 valence electrons. The van der Waals surface area contributed by atoms with Crippen LogP contribution in [0.3, 0.4) is 0 Å². The van der Waals surface area contributed by atoms with Gasteiger partial charge in [-0.25, -0.2) is 14.6 Å². The summed E-state index contributed by atoms with van der Waals surface area (Å²) in [6.07, 6.45) is 3.06. The Kier molecular flexibility index (Phi) is 4.25. The number of anilines is 1. The number of rotatable bonds is 5. The second kappa shape index (κ2) is 6.10. The molecule has 4 N–H and O–H groups in total. The lowest BCUT2D eigenvalue weighted by Gasteiger charge is -2.13. The zero-order chi connectivity index (χ0) is 14.5. The van der Waals surface area contributed by atoms with Crippen LogP contribution in [0, 0.1) is 6.92 Å². The number of carboxylic acids is 1. The van der Waals surface area contributed by atoms with Crippen molar-refractivity contribution in [2.24, 2.45) is 0 Å². The monoisotopic (exact) mass is 296 g/mol. The molecule has 0 fully saturated rings. The second-order valence-corrected chi connectivity index (χ2v) is 5.08. The van der Waals surface area contributed by atoms with Gasteiger partial charge in [-0.15, -0.1) is 10.2 Å². The van der Waals surface area contributed by atoms with Gasteiger partial charge in [-0.2, -0.15) is 0 Å². The number of aromatic amines is 1. The summed E-state index contributed by atoms with van der Waals surface area (Å²) in [5.41, 5.74) is 0.615. The summed E-state index contributed by atoms with van der Waals surface area (Å²) in [4.78, 5) is 29.4. The Morgan fingerprint density at radius 3 is 2.85 bits per heavy atom. The van der Waals surface area contributed by atoms with Gasteiger partial charge in [-0.3, -0.25) is 5.32 Å². The number of aliphatic carboxylic acids is 1. The van der Waals surface area contributed by atoms with Crippen LogP contribution in [0.4, 0.5) is 9.93 Å². The van der Waals surface area contributed by atoms with E-state index in [0.717, 1.165) is 0 Å². The van der Waals surface area contributed by atoms with E-state index in [-0.39, 0.29) is 6.42 Å². The highest BCUT2D eigenvalue weighted by Gasteiger charge is 2.21. The van der Waals surface area contributed by atoms with Gasteiger partial charge in [0.2, 0.25) is 5.13 Å². The molecule has 0 unspecified atom stereocenters. The van der Waals surface area contributed by atoms with Crippen molar-refractivity contribution in [2.75, 3.05) is 5.32 Å². The molecule has 2 aromatic rings. The Hall–Kier alpha value is -2.49. The predicted molar refractivity (Wildman–Crippen MR) is 70.5 cm³/mol. The van der Waals surface area contributed by atoms with Crippen molar-refractivity contribution < 1.29 is 14.7 Å². The zero-order valence-electron chi connectivity index (χ0n) is 10.5. The van der Waals surface area contributed by atoms with E-state index in [9.17, 15) is 9.59 Å². The number of hydrogen-bond donors (Lipinski definition) is 4. The first kappa shape index (κ1) is 13.9. The molecule has 0 aliphatic heterocycles. The van der Waals surface area contributed by atoms with Crippen LogP contribution < -0.4 is 10.6 Å². The van der Waals surface area contributed by atoms with Crippen LogP contribution in [-0.4, -0.2) is 43.3 Å². The zero-order valence-corrected chi connectivity index (χ0v) is 11.3. The third-order valence-corrected chi connectivity index (χ3v) is 3.08. The minimum Gasteiger partial charge on any atom is -0.480 e. The summed E-state index contributed by atoms with van der Waals surface area (Å²) in [5, 5.41) is 22.3. The third-order valence-electron chi connectivity index (χ3n) is 2.33. The number of carbonyl (C=O) groups is 2. The van der Waals surface area contributed by atoms with Crippen LogP contribution in [0.25, 0.3) is 0 Å². The summed E-state index contributed by atoms with van der Waals surface area (Å²) in [5.74, 6) is -1.14. The van der Waals surface area contributed by atoms with Crippen LogP contribution in [-0.2, 0) is 11.2 Å². The molecule has 0 bridgehead atoms. The van der Waals surface area contributed by atoms with E-state index in [2.05, 4.69) is 30.8 Å². The van der Waals surface area contributed by atoms with Crippen molar-refractivity contribution in [2.45, 2.75) is 19.4 Å². The second-order valence-electron chi connectivity index (χ2n) is 3.90. The predicted octanol–water partition coefficient (Wildman–Crippen LogP) is 0.387. The normalized spacial score (nSPS) is 11.8. The van der Waals surface area contributed by atoms with E-state index in [1.54, 1.807) is 6.92 Å². The van der Waals surface area contributed by atoms with E-state index < -0.39 is 18.0 Å². The fraction of sp³-hybridized carbons (Fsp3) is 0.300. The standard InChI is InChI=1S/C10H12N6O3S/c1-5-15-16-10(20-5)14-9(19)13-7(8(17)18)2-6-3-11-4-12-6/h3-4,7H,2H2,1H3,(H,11,12)(H,17,18)(H2,13,14,16,19)/t7-/m0/s1. The number of H-pyrrole nitrogens is 1. The van der Waals surface area contributed by atoms with Gasteiger partial charge in [-0.05, 0) is 6.92 Å². The molecule has 0 aromatic carbocycles. The number of imidazole rings is 1. The first-order valence-corrected chi connectivity index (χ1v) is 6.44. The molecule has 0 spiro atoms. The van der Waals surface area contributed by atoms with Crippen molar-refractivity contribution >= 4 is 28.5 Å². The van der Waals surface area contributed by atoms with Crippen molar-refractivity contribution in [1.29, 1.82) is 0 Å². The van der Waals surface area contributed by atoms with Crippen LogP contribution in [0.1, 0.15) is 10.7 Å². The van der Waals surface area contributed by atoms with Crippen LogP contribution in [0.5, 0.6) is 0 Å². The van der Waals surface area contributed by atoms with Crippen LogP contribution in [0.2, 0.25) is 0 Å². The third kappa shape index (κ3) is 3.75. The lowest BCUT2D eigenvalue weighted by molar-refractivity contribution is -0.139. The highest BCUT2D eigenvalue weighted by Crippen LogP contribution is 2.13. The van der Waals surface area contributed by atoms with Gasteiger partial charge in [0, 0.05) is 18.3 Å². The van der Waals surface area contributed by atoms with Crippen molar-refractivity contribution in [1.82, 2.24) is 25.5 Å². The molecule has 9 nitrogen and oxygen atoms in total. The topological polar surface area (TPSA) is 133 Å². The lowest BCUT2D eigenvalue weighted by Crippen LogP contribution is -2.44. The highest BCUT2D eigenvalue weighted by atomic mass is 32.1. The highest BCUT2D eigenvalue weighted by molar-refractivity contribution is 7.15. The van der Waals surface area contributed by atoms with Crippen LogP contribution in [0.15, 0.2) is 12.5 Å². The molecular formula is C10H12N6O3S. The maximum absolute atomic E-state index is 11.7. The Labute approximate surface area is 117 Å². The molecule has 0 radical (unpaired) electrons. The average Bonchev–Trinajstić information content (AvgIpc) is 3.00. The largest absolute Gasteiger partial charge is 0.480 e. The molecule has 0 aliphatic rings. The Balaban J connectivity index is 1.94. The summed E-state index contributed by atoms with van der Waals surface area (Å²) < 4.78 is 0. The van der Waals surface area contributed by atoms with Crippen molar-refractivity contribution in [3.05, 3.63) is 23.2 Å². The summed E-state index contributed by atoms with van der Waals surface area (Å²) >= 11 is 1.20. The molecule has 2 aromatic heterocycles. The van der Waals surface area contributed by atoms with E-state index in [1.165, 1.54) is 23.9 Å². The number of aryl methyl sites for hydroxylation is 1. The molecular weight excluding hydrogens is 284 g/mol. The number of carboxylic acid groups (broad SMARTS) is 1. The fourth-order valence-electron chi connectivity index (χ4n) is 1.45. The van der Waals surface area contributed by atoms with Gasteiger partial charge in [0.1, 0.15) is 11.0 Å². The van der Waals surface area contributed by atoms with Gasteiger partial charge in [0.05, 0.1) is 6.33 Å². The summed E-state index contributed by atoms with van der Waals surface area (Å²) in [7, 11) is 0. The minimum atomic E-state index is -1.14. The number of hydrogen-bond acceptors (Lipinski definition) is 6. The maximum atomic E-state index is 11.7. The van der Waals surface area contributed by atoms with Crippen molar-refractivity contribution in [3.8, 4) is 0 Å². The minimum absolute atomic E-state index is 0.109. The van der Waals surface area contributed by atoms with Gasteiger partial charge >= 0.3 is 12.0 Å². The van der Waals surface area contributed by atoms with Crippen LogP contribution >= 0.6 is 11.3 Å². The number of nitrogens with one attached hydrogen (secondary N) is 3. The lowest BCUT2D eigenvalue weighted by atomic mass is 10.2. The van der Waals surface area contributed by atoms with Gasteiger partial charge < -0.3 is 15.4 Å². The fourth-order valence-corrected chi connectivity index (χ4v) is 2.04. The SMILES string of the molecule is Cc1nnc(NC(=O)N[C@@H](Cc2cnc[nH]2)C(=O)O)s1. The molecule has 20 heavy (non-hydrogen) atoms. The first-order chi connectivity index (χ1) is 9.54. The Morgan fingerprint density at radius 2 is 2.30 bits per heavy atom. The molecule has 0 saturated heterocycles. The molecule has 0 aliphatic carbocycles. The van der Waals surface area contributed by atoms with Crippen molar-refractivity contribution in [3.63, 3.8) is 0 Å². The summed E-state index contributed by atoms with van der Waals surface area (Å²) in [6, 6.07) is -1.71. The number of urea groups is 1. The molecule has 0 saturated carbocycles. The van der Waals surface area contributed by atoms with Gasteiger partial charge in [0.15, 0.2) is 0 Å². The summed E-state index contributed by atoms with van der Waals surface area (Å²) in [6.45, 7) is 1.75. The van der Waals surface area contributed by atoms with E-state index in [0.29, 0.717) is 15.8 Å². The Bertz CT molecular complexity index is 596. The van der Waals surface area contributed by atoms with E-state index >= 15 is 0 Å². The molecule has 2 heterocycles. The first-order valence-electron chi connectivity index (χ1n) is 5.62. The smallest absolute Gasteiger partial charge is 0.326 e. The maximum Gasteiger partial charge on any atom is 0.326 e. The number of nitrogens with zero attached hydrogens (tertiary/aromatic N) is 3. The number of carbonyl (C=O) groups excluding carboxylic acids is 1. The average molecular weight is 296 g/mol. The molecule has 2 rings (SSSR count). The van der Waals surface area contributed by atoms with Gasteiger partial charge in [0.25, 0.3) is 0 Å². The number of amides is 2. The molecule has 1 atom stereocenters. The molecule has 2 amide bonds. The van der Waals surface area contributed by atoms with E-state index in [4.69, 9.17) is 5.11 Å². The Morgan fingerprint density at radius 1 is 1.50 bits per heavy atom.